The molecule has 1 amide bonds. The third kappa shape index (κ3) is 3.83. The average molecular weight is 377 g/mol. The zero-order valence-electron chi connectivity index (χ0n) is 16.7. The summed E-state index contributed by atoms with van der Waals surface area (Å²) in [5.74, 6) is 0.444. The van der Waals surface area contributed by atoms with Crippen LogP contribution in [0.3, 0.4) is 0 Å². The van der Waals surface area contributed by atoms with E-state index in [2.05, 4.69) is 30.1 Å². The van der Waals surface area contributed by atoms with Crippen LogP contribution in [0.5, 0.6) is 0 Å². The highest BCUT2D eigenvalue weighted by atomic mass is 16.3. The van der Waals surface area contributed by atoms with E-state index in [1.54, 1.807) is 0 Å². The first-order valence-electron chi connectivity index (χ1n) is 10.3. The lowest BCUT2D eigenvalue weighted by molar-refractivity contribution is 0.102. The summed E-state index contributed by atoms with van der Waals surface area (Å²) >= 11 is 0. The molecule has 2 heterocycles. The van der Waals surface area contributed by atoms with Crippen LogP contribution in [0, 0.1) is 0 Å². The molecule has 0 bridgehead atoms. The predicted molar refractivity (Wildman–Crippen MR) is 114 cm³/mol. The van der Waals surface area contributed by atoms with Gasteiger partial charge in [0.1, 0.15) is 5.58 Å². The first-order chi connectivity index (χ1) is 13.7. The Labute approximate surface area is 166 Å². The average Bonchev–Trinajstić information content (AvgIpc) is 3.17. The van der Waals surface area contributed by atoms with Crippen LogP contribution < -0.4 is 5.32 Å². The van der Waals surface area contributed by atoms with Crippen LogP contribution in [0.25, 0.3) is 11.0 Å². The number of nitrogens with zero attached hydrogens (tertiary/aromatic N) is 1. The van der Waals surface area contributed by atoms with E-state index in [-0.39, 0.29) is 5.91 Å². The van der Waals surface area contributed by atoms with E-state index in [0.717, 1.165) is 55.6 Å². The molecule has 0 aliphatic carbocycles. The molecule has 0 unspecified atom stereocenters. The van der Waals surface area contributed by atoms with Gasteiger partial charge in [0.25, 0.3) is 5.91 Å². The zero-order valence-corrected chi connectivity index (χ0v) is 16.7. The summed E-state index contributed by atoms with van der Waals surface area (Å²) in [5, 5.41) is 4.15. The number of fused-ring (bicyclic) bond motifs is 1. The van der Waals surface area contributed by atoms with Crippen LogP contribution in [0.2, 0.25) is 0 Å². The highest BCUT2D eigenvalue weighted by Gasteiger charge is 2.23. The second kappa shape index (κ2) is 8.19. The van der Waals surface area contributed by atoms with Crippen molar-refractivity contribution in [3.05, 3.63) is 65.4 Å². The predicted octanol–water partition coefficient (Wildman–Crippen LogP) is 5.45. The van der Waals surface area contributed by atoms with Gasteiger partial charge in [-0.1, -0.05) is 26.0 Å². The number of furan rings is 1. The van der Waals surface area contributed by atoms with Crippen LogP contribution in [-0.4, -0.2) is 30.4 Å². The first kappa shape index (κ1) is 18.8. The van der Waals surface area contributed by atoms with Crippen molar-refractivity contribution in [2.24, 2.45) is 0 Å². The third-order valence-corrected chi connectivity index (χ3v) is 5.96. The van der Waals surface area contributed by atoms with Crippen LogP contribution >= 0.6 is 0 Å². The van der Waals surface area contributed by atoms with Crippen molar-refractivity contribution in [1.82, 2.24) is 4.90 Å². The minimum Gasteiger partial charge on any atom is -0.464 e. The minimum absolute atomic E-state index is 0.0803. The summed E-state index contributed by atoms with van der Waals surface area (Å²) < 4.78 is 5.80. The molecule has 1 aromatic heterocycles. The van der Waals surface area contributed by atoms with Crippen LogP contribution in [0.1, 0.15) is 54.1 Å². The molecule has 4 rings (SSSR count). The number of carbonyl (C=O) groups is 1. The Morgan fingerprint density at radius 3 is 2.54 bits per heavy atom. The van der Waals surface area contributed by atoms with Crippen molar-refractivity contribution >= 4 is 22.6 Å². The molecule has 28 heavy (non-hydrogen) atoms. The fourth-order valence-corrected chi connectivity index (χ4v) is 4.10. The molecule has 1 saturated heterocycles. The summed E-state index contributed by atoms with van der Waals surface area (Å²) in [5.41, 5.74) is 4.88. The lowest BCUT2D eigenvalue weighted by atomic mass is 9.89. The number of likely N-dealkylation sites (tertiary alicyclic amines) is 1. The summed E-state index contributed by atoms with van der Waals surface area (Å²) in [7, 11) is 0. The molecule has 4 heteroatoms. The maximum Gasteiger partial charge on any atom is 0.255 e. The number of rotatable bonds is 5. The van der Waals surface area contributed by atoms with Gasteiger partial charge in [0, 0.05) is 22.2 Å². The number of hydrogen-bond donors (Lipinski definition) is 1. The van der Waals surface area contributed by atoms with Crippen LogP contribution in [0.15, 0.2) is 53.1 Å². The molecule has 1 aliphatic heterocycles. The normalized spacial score (nSPS) is 15.8. The zero-order chi connectivity index (χ0) is 19.5. The number of aryl methyl sites for hydroxylation is 1. The van der Waals surface area contributed by atoms with E-state index < -0.39 is 0 Å². The molecule has 1 aliphatic rings. The van der Waals surface area contributed by atoms with Crippen molar-refractivity contribution in [3.8, 4) is 0 Å². The SMILES string of the molecule is CCc1ccc(C(=O)Nc2ccc3occ(C4CCN(CC)CC4)c3c2)cc1. The summed E-state index contributed by atoms with van der Waals surface area (Å²) in [4.78, 5) is 15.1. The minimum atomic E-state index is -0.0803. The second-order valence-corrected chi connectivity index (χ2v) is 7.62. The van der Waals surface area contributed by atoms with Crippen molar-refractivity contribution in [3.63, 3.8) is 0 Å². The summed E-state index contributed by atoms with van der Waals surface area (Å²) in [6.45, 7) is 7.72. The van der Waals surface area contributed by atoms with Crippen molar-refractivity contribution in [2.45, 2.75) is 39.0 Å². The Bertz CT molecular complexity index is 950. The molecule has 1 fully saturated rings. The fraction of sp³-hybridized carbons (Fsp3) is 0.375. The third-order valence-electron chi connectivity index (χ3n) is 5.96. The Morgan fingerprint density at radius 2 is 1.86 bits per heavy atom. The quantitative estimate of drug-likeness (QED) is 0.644. The monoisotopic (exact) mass is 376 g/mol. The lowest BCUT2D eigenvalue weighted by Crippen LogP contribution is -2.32. The summed E-state index contributed by atoms with van der Waals surface area (Å²) in [6, 6.07) is 13.7. The van der Waals surface area contributed by atoms with E-state index >= 15 is 0 Å². The Balaban J connectivity index is 1.53. The number of hydrogen-bond acceptors (Lipinski definition) is 3. The van der Waals surface area contributed by atoms with E-state index in [1.165, 1.54) is 11.1 Å². The highest BCUT2D eigenvalue weighted by Crippen LogP contribution is 2.35. The standard InChI is InChI=1S/C24H28N2O2/c1-3-17-5-7-19(8-6-17)24(27)25-20-9-10-23-21(15-20)22(16-28-23)18-11-13-26(4-2)14-12-18/h5-10,15-16,18H,3-4,11-14H2,1-2H3,(H,25,27). The highest BCUT2D eigenvalue weighted by molar-refractivity contribution is 6.05. The maximum atomic E-state index is 12.6. The van der Waals surface area contributed by atoms with Gasteiger partial charge >= 0.3 is 0 Å². The molecule has 146 valence electrons. The van der Waals surface area contributed by atoms with Crippen LogP contribution in [0.4, 0.5) is 5.69 Å². The van der Waals surface area contributed by atoms with E-state index in [9.17, 15) is 4.79 Å². The number of nitrogens with one attached hydrogen (secondary N) is 1. The Hall–Kier alpha value is -2.59. The van der Waals surface area contributed by atoms with E-state index in [1.807, 2.05) is 42.7 Å². The topological polar surface area (TPSA) is 45.5 Å². The van der Waals surface area contributed by atoms with Gasteiger partial charge in [-0.3, -0.25) is 4.79 Å². The van der Waals surface area contributed by atoms with Gasteiger partial charge in [0.05, 0.1) is 6.26 Å². The molecule has 0 radical (unpaired) electrons. The van der Waals surface area contributed by atoms with Gasteiger partial charge in [-0.05, 0) is 80.7 Å². The number of amides is 1. The fourth-order valence-electron chi connectivity index (χ4n) is 4.10. The van der Waals surface area contributed by atoms with Gasteiger partial charge in [-0.2, -0.15) is 0 Å². The van der Waals surface area contributed by atoms with Gasteiger partial charge in [0.2, 0.25) is 0 Å². The molecule has 1 N–H and O–H groups in total. The molecule has 4 nitrogen and oxygen atoms in total. The van der Waals surface area contributed by atoms with E-state index in [0.29, 0.717) is 11.5 Å². The largest absolute Gasteiger partial charge is 0.464 e. The van der Waals surface area contributed by atoms with Crippen LogP contribution in [-0.2, 0) is 6.42 Å². The van der Waals surface area contributed by atoms with Crippen molar-refractivity contribution < 1.29 is 9.21 Å². The Morgan fingerprint density at radius 1 is 1.11 bits per heavy atom. The number of carbonyl (C=O) groups excluding carboxylic acids is 1. The van der Waals surface area contributed by atoms with Gasteiger partial charge in [-0.15, -0.1) is 0 Å². The molecular weight excluding hydrogens is 348 g/mol. The molecule has 0 spiro atoms. The number of benzene rings is 2. The number of anilines is 1. The Kier molecular flexibility index (Phi) is 5.49. The number of piperidine rings is 1. The first-order valence-corrected chi connectivity index (χ1v) is 10.3. The van der Waals surface area contributed by atoms with Gasteiger partial charge < -0.3 is 14.6 Å². The molecule has 3 aromatic rings. The van der Waals surface area contributed by atoms with Crippen molar-refractivity contribution in [1.29, 1.82) is 0 Å². The molecule has 0 saturated carbocycles. The molecule has 2 aromatic carbocycles. The van der Waals surface area contributed by atoms with Gasteiger partial charge in [0.15, 0.2) is 0 Å². The summed E-state index contributed by atoms with van der Waals surface area (Å²) in [6.07, 6.45) is 5.19. The maximum absolute atomic E-state index is 12.6. The smallest absolute Gasteiger partial charge is 0.255 e. The van der Waals surface area contributed by atoms with Gasteiger partial charge in [-0.25, -0.2) is 0 Å². The lowest BCUT2D eigenvalue weighted by Gasteiger charge is -2.30. The van der Waals surface area contributed by atoms with Crippen molar-refractivity contribution in [2.75, 3.05) is 25.0 Å². The molecule has 0 atom stereocenters. The second-order valence-electron chi connectivity index (χ2n) is 7.62. The molecular formula is C24H28N2O2. The van der Waals surface area contributed by atoms with E-state index in [4.69, 9.17) is 4.42 Å².